The average molecular weight is 436 g/mol. The summed E-state index contributed by atoms with van der Waals surface area (Å²) in [6.07, 6.45) is 0.0926. The van der Waals surface area contributed by atoms with E-state index in [0.29, 0.717) is 18.5 Å². The summed E-state index contributed by atoms with van der Waals surface area (Å²) in [6, 6.07) is 8.39. The third kappa shape index (κ3) is 7.01. The molecule has 0 spiro atoms. The highest BCUT2D eigenvalue weighted by Crippen LogP contribution is 2.29. The van der Waals surface area contributed by atoms with E-state index in [0.717, 1.165) is 50.6 Å². The number of aromatic nitrogens is 2. The van der Waals surface area contributed by atoms with Crippen molar-refractivity contribution in [2.75, 3.05) is 37.7 Å². The lowest BCUT2D eigenvalue weighted by Gasteiger charge is -2.33. The van der Waals surface area contributed by atoms with Gasteiger partial charge in [-0.15, -0.1) is 0 Å². The first kappa shape index (κ1) is 22.6. The maximum atomic E-state index is 12.6. The van der Waals surface area contributed by atoms with Gasteiger partial charge in [0.1, 0.15) is 12.4 Å². The van der Waals surface area contributed by atoms with E-state index >= 15 is 0 Å². The molecule has 31 heavy (non-hydrogen) atoms. The van der Waals surface area contributed by atoms with Crippen molar-refractivity contribution in [2.45, 2.75) is 32.0 Å². The van der Waals surface area contributed by atoms with E-state index in [1.165, 1.54) is 6.07 Å². The summed E-state index contributed by atoms with van der Waals surface area (Å²) in [5.41, 5.74) is -0.800. The van der Waals surface area contributed by atoms with Crippen molar-refractivity contribution in [3.63, 3.8) is 0 Å². The molecule has 1 aliphatic heterocycles. The Morgan fingerprint density at radius 2 is 2.00 bits per heavy atom. The quantitative estimate of drug-likeness (QED) is 0.395. The number of hydrogen-bond donors (Lipinski definition) is 2. The second kappa shape index (κ2) is 10.8. The minimum absolute atomic E-state index is 0.142. The highest BCUT2D eigenvalue weighted by atomic mass is 19.4. The van der Waals surface area contributed by atoms with Gasteiger partial charge in [0.05, 0.1) is 12.1 Å². The minimum atomic E-state index is -4.41. The Kier molecular flexibility index (Phi) is 7.91. The molecule has 2 aromatic heterocycles. The van der Waals surface area contributed by atoms with Gasteiger partial charge in [-0.3, -0.25) is 0 Å². The van der Waals surface area contributed by atoms with Gasteiger partial charge in [0.2, 0.25) is 5.88 Å². The number of anilines is 1. The smallest absolute Gasteiger partial charge is 0.417 e. The van der Waals surface area contributed by atoms with Crippen molar-refractivity contribution in [2.24, 2.45) is 4.99 Å². The number of halogens is 3. The third-order valence-corrected chi connectivity index (χ3v) is 4.83. The van der Waals surface area contributed by atoms with Gasteiger partial charge in [-0.1, -0.05) is 6.07 Å². The summed E-state index contributed by atoms with van der Waals surface area (Å²) in [5.74, 6) is 1.83. The largest absolute Gasteiger partial charge is 0.476 e. The normalized spacial score (nSPS) is 15.6. The number of nitrogens with zero attached hydrogens (tertiary/aromatic N) is 4. The Hall–Kier alpha value is -3.04. The summed E-state index contributed by atoms with van der Waals surface area (Å²) in [6.45, 7) is 5.11. The van der Waals surface area contributed by atoms with Gasteiger partial charge < -0.3 is 20.3 Å². The summed E-state index contributed by atoms with van der Waals surface area (Å²) in [4.78, 5) is 14.9. The molecular weight excluding hydrogens is 409 g/mol. The van der Waals surface area contributed by atoms with Gasteiger partial charge in [0, 0.05) is 44.1 Å². The Bertz CT molecular complexity index is 821. The van der Waals surface area contributed by atoms with Crippen molar-refractivity contribution < 1.29 is 17.9 Å². The first-order valence-corrected chi connectivity index (χ1v) is 10.3. The molecule has 0 aliphatic carbocycles. The van der Waals surface area contributed by atoms with Crippen molar-refractivity contribution in [1.29, 1.82) is 0 Å². The molecule has 10 heteroatoms. The Labute approximate surface area is 179 Å². The van der Waals surface area contributed by atoms with Crippen molar-refractivity contribution in [1.82, 2.24) is 20.6 Å². The Morgan fingerprint density at radius 3 is 2.61 bits per heavy atom. The average Bonchev–Trinajstić information content (AvgIpc) is 2.77. The molecule has 1 fully saturated rings. The third-order valence-electron chi connectivity index (χ3n) is 4.83. The molecule has 1 saturated heterocycles. The van der Waals surface area contributed by atoms with Crippen LogP contribution < -0.4 is 20.3 Å². The molecule has 3 heterocycles. The maximum Gasteiger partial charge on any atom is 0.417 e. The molecule has 0 unspecified atom stereocenters. The SMILES string of the molecule is CCNC(=NCCOc1ccc(C(F)(F)F)cn1)NC1CCN(c2ccccn2)CC1. The Balaban J connectivity index is 1.44. The zero-order chi connectivity index (χ0) is 22.1. The van der Waals surface area contributed by atoms with Crippen LogP contribution in [0.4, 0.5) is 19.0 Å². The van der Waals surface area contributed by atoms with Crippen LogP contribution in [0.5, 0.6) is 5.88 Å². The lowest BCUT2D eigenvalue weighted by molar-refractivity contribution is -0.137. The van der Waals surface area contributed by atoms with Crippen LogP contribution in [-0.2, 0) is 6.18 Å². The van der Waals surface area contributed by atoms with Gasteiger partial charge in [0.25, 0.3) is 0 Å². The van der Waals surface area contributed by atoms with E-state index in [-0.39, 0.29) is 12.5 Å². The number of alkyl halides is 3. The predicted octanol–water partition coefficient (Wildman–Crippen LogP) is 3.10. The molecule has 0 aromatic carbocycles. The summed E-state index contributed by atoms with van der Waals surface area (Å²) >= 11 is 0. The highest BCUT2D eigenvalue weighted by molar-refractivity contribution is 5.80. The van der Waals surface area contributed by atoms with Crippen LogP contribution in [0.3, 0.4) is 0 Å². The highest BCUT2D eigenvalue weighted by Gasteiger charge is 2.30. The number of nitrogens with one attached hydrogen (secondary N) is 2. The summed E-state index contributed by atoms with van der Waals surface area (Å²) < 4.78 is 43.1. The topological polar surface area (TPSA) is 74.7 Å². The van der Waals surface area contributed by atoms with Crippen molar-refractivity contribution >= 4 is 11.8 Å². The van der Waals surface area contributed by atoms with E-state index in [1.807, 2.05) is 25.1 Å². The number of guanidine groups is 1. The molecule has 1 aliphatic rings. The van der Waals surface area contributed by atoms with Crippen LogP contribution in [-0.4, -0.2) is 54.8 Å². The summed E-state index contributed by atoms with van der Waals surface area (Å²) in [7, 11) is 0. The number of hydrogen-bond acceptors (Lipinski definition) is 5. The molecule has 3 rings (SSSR count). The first-order valence-electron chi connectivity index (χ1n) is 10.3. The number of ether oxygens (including phenoxy) is 1. The molecule has 0 amide bonds. The number of pyridine rings is 2. The molecule has 2 aromatic rings. The lowest BCUT2D eigenvalue weighted by Crippen LogP contribution is -2.49. The van der Waals surface area contributed by atoms with Crippen molar-refractivity contribution in [3.8, 4) is 5.88 Å². The van der Waals surface area contributed by atoms with E-state index in [1.54, 1.807) is 6.20 Å². The van der Waals surface area contributed by atoms with Gasteiger partial charge in [0.15, 0.2) is 5.96 Å². The number of piperidine rings is 1. The molecule has 7 nitrogen and oxygen atoms in total. The van der Waals surface area contributed by atoms with Crippen LogP contribution >= 0.6 is 0 Å². The van der Waals surface area contributed by atoms with Crippen LogP contribution in [0, 0.1) is 0 Å². The molecule has 0 radical (unpaired) electrons. The van der Waals surface area contributed by atoms with Gasteiger partial charge in [-0.2, -0.15) is 13.2 Å². The molecule has 2 N–H and O–H groups in total. The van der Waals surface area contributed by atoms with Crippen LogP contribution in [0.15, 0.2) is 47.7 Å². The second-order valence-electron chi connectivity index (χ2n) is 7.09. The fourth-order valence-electron chi connectivity index (χ4n) is 3.25. The second-order valence-corrected chi connectivity index (χ2v) is 7.09. The number of rotatable bonds is 7. The zero-order valence-corrected chi connectivity index (χ0v) is 17.4. The van der Waals surface area contributed by atoms with Gasteiger partial charge in [-0.25, -0.2) is 15.0 Å². The van der Waals surface area contributed by atoms with E-state index in [9.17, 15) is 13.2 Å². The van der Waals surface area contributed by atoms with E-state index in [4.69, 9.17) is 4.74 Å². The fraction of sp³-hybridized carbons (Fsp3) is 0.476. The van der Waals surface area contributed by atoms with E-state index < -0.39 is 11.7 Å². The zero-order valence-electron chi connectivity index (χ0n) is 17.4. The molecule has 0 saturated carbocycles. The summed E-state index contributed by atoms with van der Waals surface area (Å²) in [5, 5.41) is 6.66. The Morgan fingerprint density at radius 1 is 1.19 bits per heavy atom. The van der Waals surface area contributed by atoms with Gasteiger partial charge in [-0.05, 0) is 38.0 Å². The number of aliphatic imine (C=N–C) groups is 1. The van der Waals surface area contributed by atoms with Crippen LogP contribution in [0.2, 0.25) is 0 Å². The predicted molar refractivity (Wildman–Crippen MR) is 113 cm³/mol. The van der Waals surface area contributed by atoms with E-state index in [2.05, 4.69) is 30.5 Å². The molecule has 0 bridgehead atoms. The fourth-order valence-corrected chi connectivity index (χ4v) is 3.25. The van der Waals surface area contributed by atoms with Gasteiger partial charge >= 0.3 is 6.18 Å². The molecular formula is C21H27F3N6O. The van der Waals surface area contributed by atoms with Crippen molar-refractivity contribution in [3.05, 3.63) is 48.3 Å². The maximum absolute atomic E-state index is 12.6. The molecule has 168 valence electrons. The first-order chi connectivity index (χ1) is 15.0. The molecule has 0 atom stereocenters. The minimum Gasteiger partial charge on any atom is -0.476 e. The van der Waals surface area contributed by atoms with Crippen LogP contribution in [0.25, 0.3) is 0 Å². The lowest BCUT2D eigenvalue weighted by atomic mass is 10.1. The standard InChI is InChI=1S/C21H27F3N6O/c1-2-25-20(27-11-14-31-19-7-6-16(15-28-19)21(22,23)24)29-17-8-12-30(13-9-17)18-5-3-4-10-26-18/h3-7,10,15,17H,2,8-9,11-14H2,1H3,(H2,25,27,29). The monoisotopic (exact) mass is 436 g/mol. The van der Waals surface area contributed by atoms with Crippen LogP contribution in [0.1, 0.15) is 25.3 Å².